The van der Waals surface area contributed by atoms with E-state index in [0.29, 0.717) is 5.56 Å². The molecule has 0 fully saturated rings. The number of hydrogen-bond donors (Lipinski definition) is 1. The van der Waals surface area contributed by atoms with Gasteiger partial charge in [-0.1, -0.05) is 30.3 Å². The molecule has 0 saturated heterocycles. The highest BCUT2D eigenvalue weighted by atomic mass is 17.1. The maximum Gasteiger partial charge on any atom is 0.175 e. The first-order valence-corrected chi connectivity index (χ1v) is 3.61. The molecule has 1 rings (SSSR count). The molecule has 1 unspecified atom stereocenters. The molecule has 3 nitrogen and oxygen atoms in total. The maximum atomic E-state index is 10.9. The Hall–Kier alpha value is -1.19. The Morgan fingerprint density at radius 2 is 2.00 bits per heavy atom. The molecule has 64 valence electrons. The van der Waals surface area contributed by atoms with Crippen molar-refractivity contribution in [2.45, 2.75) is 13.0 Å². The zero-order chi connectivity index (χ0) is 8.97. The van der Waals surface area contributed by atoms with Gasteiger partial charge in [0, 0.05) is 0 Å². The highest BCUT2D eigenvalue weighted by Crippen LogP contribution is 2.16. The monoisotopic (exact) mass is 166 g/mol. The lowest BCUT2D eigenvalue weighted by atomic mass is 10.1. The summed E-state index contributed by atoms with van der Waals surface area (Å²) >= 11 is 0. The van der Waals surface area contributed by atoms with Gasteiger partial charge in [0.15, 0.2) is 11.9 Å². The Bertz CT molecular complexity index is 256. The summed E-state index contributed by atoms with van der Waals surface area (Å²) in [5, 5.41) is 8.43. The third kappa shape index (κ3) is 1.90. The fourth-order valence-electron chi connectivity index (χ4n) is 0.998. The minimum absolute atomic E-state index is 0.219. The summed E-state index contributed by atoms with van der Waals surface area (Å²) in [6.07, 6.45) is -0.855. The second-order valence-corrected chi connectivity index (χ2v) is 2.51. The Morgan fingerprint density at radius 1 is 1.42 bits per heavy atom. The normalized spacial score (nSPS) is 12.5. The van der Waals surface area contributed by atoms with E-state index in [1.165, 1.54) is 6.92 Å². The van der Waals surface area contributed by atoms with Gasteiger partial charge in [0.2, 0.25) is 0 Å². The van der Waals surface area contributed by atoms with Crippen molar-refractivity contribution in [2.75, 3.05) is 0 Å². The van der Waals surface area contributed by atoms with E-state index in [0.717, 1.165) is 0 Å². The van der Waals surface area contributed by atoms with Crippen LogP contribution in [0.5, 0.6) is 0 Å². The summed E-state index contributed by atoms with van der Waals surface area (Å²) in [5.74, 6) is -0.219. The van der Waals surface area contributed by atoms with Gasteiger partial charge in [0.25, 0.3) is 0 Å². The summed E-state index contributed by atoms with van der Waals surface area (Å²) in [4.78, 5) is 14.9. The lowest BCUT2D eigenvalue weighted by molar-refractivity contribution is -0.273. The van der Waals surface area contributed by atoms with Gasteiger partial charge in [-0.15, -0.1) is 0 Å². The zero-order valence-electron chi connectivity index (χ0n) is 6.73. The molecule has 0 aliphatic heterocycles. The van der Waals surface area contributed by atoms with Crippen LogP contribution in [0.1, 0.15) is 18.6 Å². The van der Waals surface area contributed by atoms with E-state index < -0.39 is 6.10 Å². The number of ketones is 1. The van der Waals surface area contributed by atoms with Crippen LogP contribution in [-0.2, 0) is 9.68 Å². The topological polar surface area (TPSA) is 46.5 Å². The van der Waals surface area contributed by atoms with Gasteiger partial charge in [-0.25, -0.2) is 4.89 Å². The zero-order valence-corrected chi connectivity index (χ0v) is 6.73. The molecule has 1 atom stereocenters. The molecule has 0 saturated carbocycles. The third-order valence-electron chi connectivity index (χ3n) is 1.58. The van der Waals surface area contributed by atoms with E-state index in [9.17, 15) is 4.79 Å². The summed E-state index contributed by atoms with van der Waals surface area (Å²) < 4.78 is 0. The van der Waals surface area contributed by atoms with E-state index in [1.807, 2.05) is 6.07 Å². The Morgan fingerprint density at radius 3 is 2.42 bits per heavy atom. The fourth-order valence-corrected chi connectivity index (χ4v) is 0.998. The second-order valence-electron chi connectivity index (χ2n) is 2.51. The SMILES string of the molecule is CC(=O)C(OO)c1ccccc1. The van der Waals surface area contributed by atoms with E-state index in [1.54, 1.807) is 24.3 Å². The minimum Gasteiger partial charge on any atom is -0.297 e. The quantitative estimate of drug-likeness (QED) is 0.550. The van der Waals surface area contributed by atoms with Crippen LogP contribution in [0.2, 0.25) is 0 Å². The molecule has 0 aliphatic rings. The summed E-state index contributed by atoms with van der Waals surface area (Å²) in [6.45, 7) is 1.37. The molecule has 0 aromatic heterocycles. The van der Waals surface area contributed by atoms with E-state index in [-0.39, 0.29) is 5.78 Å². The van der Waals surface area contributed by atoms with Crippen molar-refractivity contribution in [2.24, 2.45) is 0 Å². The Balaban J connectivity index is 2.88. The number of Topliss-reactive ketones (excluding diaryl/α,β-unsaturated/α-hetero) is 1. The summed E-state index contributed by atoms with van der Waals surface area (Å²) in [7, 11) is 0. The van der Waals surface area contributed by atoms with Gasteiger partial charge in [-0.05, 0) is 12.5 Å². The lowest BCUT2D eigenvalue weighted by Gasteiger charge is -2.08. The first-order chi connectivity index (χ1) is 5.75. The Labute approximate surface area is 70.5 Å². The van der Waals surface area contributed by atoms with Crippen LogP contribution in [0, 0.1) is 0 Å². The van der Waals surface area contributed by atoms with Gasteiger partial charge < -0.3 is 0 Å². The highest BCUT2D eigenvalue weighted by molar-refractivity contribution is 5.81. The van der Waals surface area contributed by atoms with Crippen molar-refractivity contribution in [3.8, 4) is 0 Å². The number of hydrogen-bond acceptors (Lipinski definition) is 3. The van der Waals surface area contributed by atoms with E-state index >= 15 is 0 Å². The molecular weight excluding hydrogens is 156 g/mol. The average Bonchev–Trinajstić information content (AvgIpc) is 2.07. The van der Waals surface area contributed by atoms with Gasteiger partial charge in [0.05, 0.1) is 0 Å². The van der Waals surface area contributed by atoms with Crippen LogP contribution >= 0.6 is 0 Å². The van der Waals surface area contributed by atoms with Crippen LogP contribution in [0.15, 0.2) is 30.3 Å². The largest absolute Gasteiger partial charge is 0.297 e. The minimum atomic E-state index is -0.855. The third-order valence-corrected chi connectivity index (χ3v) is 1.58. The molecular formula is C9H10O3. The molecule has 0 radical (unpaired) electrons. The maximum absolute atomic E-state index is 10.9. The van der Waals surface area contributed by atoms with Gasteiger partial charge in [-0.2, -0.15) is 0 Å². The lowest BCUT2D eigenvalue weighted by Crippen LogP contribution is -2.10. The number of rotatable bonds is 3. The molecule has 1 N–H and O–H groups in total. The molecule has 0 amide bonds. The average molecular weight is 166 g/mol. The van der Waals surface area contributed by atoms with Crippen molar-refractivity contribution in [1.29, 1.82) is 0 Å². The van der Waals surface area contributed by atoms with Crippen molar-refractivity contribution >= 4 is 5.78 Å². The number of carbonyl (C=O) groups excluding carboxylic acids is 1. The summed E-state index contributed by atoms with van der Waals surface area (Å²) in [5.41, 5.74) is 0.660. The first-order valence-electron chi connectivity index (χ1n) is 3.61. The van der Waals surface area contributed by atoms with Crippen molar-refractivity contribution in [3.63, 3.8) is 0 Å². The summed E-state index contributed by atoms with van der Waals surface area (Å²) in [6, 6.07) is 8.84. The molecule has 1 aromatic rings. The molecule has 0 spiro atoms. The van der Waals surface area contributed by atoms with Crippen LogP contribution in [0.25, 0.3) is 0 Å². The first kappa shape index (κ1) is 8.90. The van der Waals surface area contributed by atoms with E-state index in [2.05, 4.69) is 4.89 Å². The van der Waals surface area contributed by atoms with Gasteiger partial charge in [0.1, 0.15) is 0 Å². The smallest absolute Gasteiger partial charge is 0.175 e. The molecule has 0 bridgehead atoms. The van der Waals surface area contributed by atoms with Crippen LogP contribution in [0.3, 0.4) is 0 Å². The second kappa shape index (κ2) is 3.99. The molecule has 1 aromatic carbocycles. The predicted molar refractivity (Wildman–Crippen MR) is 43.6 cm³/mol. The van der Waals surface area contributed by atoms with Crippen molar-refractivity contribution < 1.29 is 14.9 Å². The standard InChI is InChI=1S/C9H10O3/c1-7(10)9(12-11)8-5-3-2-4-6-8/h2-6,9,11H,1H3. The number of benzene rings is 1. The number of carbonyl (C=O) groups is 1. The Kier molecular flexibility index (Phi) is 2.96. The molecule has 0 aliphatic carbocycles. The van der Waals surface area contributed by atoms with Crippen molar-refractivity contribution in [3.05, 3.63) is 35.9 Å². The van der Waals surface area contributed by atoms with Crippen LogP contribution < -0.4 is 0 Å². The fraction of sp³-hybridized carbons (Fsp3) is 0.222. The molecule has 12 heavy (non-hydrogen) atoms. The van der Waals surface area contributed by atoms with Crippen LogP contribution in [-0.4, -0.2) is 11.0 Å². The van der Waals surface area contributed by atoms with E-state index in [4.69, 9.17) is 5.26 Å². The molecule has 0 heterocycles. The van der Waals surface area contributed by atoms with Crippen molar-refractivity contribution in [1.82, 2.24) is 0 Å². The predicted octanol–water partition coefficient (Wildman–Crippen LogP) is 1.81. The van der Waals surface area contributed by atoms with Gasteiger partial charge >= 0.3 is 0 Å². The molecule has 3 heteroatoms. The van der Waals surface area contributed by atoms with Crippen LogP contribution in [0.4, 0.5) is 0 Å². The van der Waals surface area contributed by atoms with Gasteiger partial charge in [-0.3, -0.25) is 10.1 Å². The highest BCUT2D eigenvalue weighted by Gasteiger charge is 2.16.